The van der Waals surface area contributed by atoms with Gasteiger partial charge in [0.05, 0.1) is 11.7 Å². The predicted octanol–water partition coefficient (Wildman–Crippen LogP) is 7.54. The first-order valence-electron chi connectivity index (χ1n) is 12.9. The summed E-state index contributed by atoms with van der Waals surface area (Å²) in [4.78, 5) is 0. The summed E-state index contributed by atoms with van der Waals surface area (Å²) in [6.07, 6.45) is 17.7. The van der Waals surface area contributed by atoms with E-state index in [4.69, 9.17) is 0 Å². The Kier molecular flexibility index (Phi) is 7.10. The Balaban J connectivity index is 1.83. The van der Waals surface area contributed by atoms with Crippen molar-refractivity contribution in [3.8, 4) is 0 Å². The molecule has 32 heavy (non-hydrogen) atoms. The Morgan fingerprint density at radius 2 is 1.78 bits per heavy atom. The Hall–Kier alpha value is -1.12. The maximum atomic E-state index is 10.3. The van der Waals surface area contributed by atoms with Gasteiger partial charge in [0, 0.05) is 0 Å². The molecular formula is C30H48O2. The van der Waals surface area contributed by atoms with Crippen molar-refractivity contribution in [2.45, 2.75) is 112 Å². The van der Waals surface area contributed by atoms with Crippen molar-refractivity contribution in [3.05, 3.63) is 47.6 Å². The van der Waals surface area contributed by atoms with Gasteiger partial charge >= 0.3 is 0 Å². The molecule has 3 aliphatic rings. The van der Waals surface area contributed by atoms with Gasteiger partial charge in [-0.3, -0.25) is 0 Å². The van der Waals surface area contributed by atoms with Gasteiger partial charge in [-0.1, -0.05) is 76.6 Å². The van der Waals surface area contributed by atoms with Gasteiger partial charge in [0.2, 0.25) is 0 Å². The first-order chi connectivity index (χ1) is 14.7. The van der Waals surface area contributed by atoms with Crippen molar-refractivity contribution >= 4 is 0 Å². The van der Waals surface area contributed by atoms with Crippen LogP contribution in [0.15, 0.2) is 47.6 Å². The lowest BCUT2D eigenvalue weighted by Crippen LogP contribution is -2.47. The van der Waals surface area contributed by atoms with Crippen molar-refractivity contribution in [1.29, 1.82) is 0 Å². The van der Waals surface area contributed by atoms with Crippen molar-refractivity contribution < 1.29 is 10.2 Å². The molecule has 3 saturated carbocycles. The Bertz CT molecular complexity index is 789. The van der Waals surface area contributed by atoms with Crippen LogP contribution in [0.2, 0.25) is 0 Å². The molecule has 3 fully saturated rings. The standard InChI is InChI=1S/C30H48O2/c1-21-19-23(20-26(31)22(21)2)12-13-24-11-9-17-29(7)25(24)14-18-30(29,8)27(3,4)15-10-16-28(5,6)32/h10,12-13,15,21,25-26,31-32H,2,9,11,14,16-20H2,1,3-8H3. The summed E-state index contributed by atoms with van der Waals surface area (Å²) in [5.74, 6) is 1.01. The van der Waals surface area contributed by atoms with E-state index in [0.29, 0.717) is 18.3 Å². The first-order valence-corrected chi connectivity index (χ1v) is 12.9. The van der Waals surface area contributed by atoms with E-state index in [2.05, 4.69) is 65.5 Å². The van der Waals surface area contributed by atoms with Gasteiger partial charge in [-0.2, -0.15) is 0 Å². The van der Waals surface area contributed by atoms with Crippen LogP contribution in [0, 0.1) is 28.1 Å². The third-order valence-corrected chi connectivity index (χ3v) is 9.76. The third kappa shape index (κ3) is 4.73. The highest BCUT2D eigenvalue weighted by Gasteiger charge is 2.60. The number of allylic oxidation sites excluding steroid dienone is 4. The van der Waals surface area contributed by atoms with Gasteiger partial charge in [-0.15, -0.1) is 0 Å². The van der Waals surface area contributed by atoms with Crippen molar-refractivity contribution in [2.75, 3.05) is 0 Å². The van der Waals surface area contributed by atoms with Crippen molar-refractivity contribution in [1.82, 2.24) is 0 Å². The molecule has 0 radical (unpaired) electrons. The molecule has 3 rings (SSSR count). The molecule has 0 aromatic carbocycles. The van der Waals surface area contributed by atoms with Gasteiger partial charge in [-0.25, -0.2) is 0 Å². The van der Waals surface area contributed by atoms with Gasteiger partial charge in [0.15, 0.2) is 0 Å². The van der Waals surface area contributed by atoms with E-state index in [1.807, 2.05) is 13.8 Å². The molecule has 180 valence electrons. The number of hydrogen-bond donors (Lipinski definition) is 2. The fraction of sp³-hybridized carbons (Fsp3) is 0.733. The van der Waals surface area contributed by atoms with Crippen LogP contribution in [0.5, 0.6) is 0 Å². The highest BCUT2D eigenvalue weighted by atomic mass is 16.3. The molecule has 5 unspecified atom stereocenters. The van der Waals surface area contributed by atoms with E-state index in [1.165, 1.54) is 37.7 Å². The van der Waals surface area contributed by atoms with Crippen LogP contribution in [0.1, 0.15) is 99.8 Å². The van der Waals surface area contributed by atoms with E-state index < -0.39 is 5.60 Å². The van der Waals surface area contributed by atoms with E-state index in [1.54, 1.807) is 5.57 Å². The van der Waals surface area contributed by atoms with Crippen LogP contribution in [-0.2, 0) is 0 Å². The minimum Gasteiger partial charge on any atom is -0.390 e. The van der Waals surface area contributed by atoms with Crippen LogP contribution < -0.4 is 0 Å². The number of fused-ring (bicyclic) bond motifs is 1. The fourth-order valence-electron chi connectivity index (χ4n) is 7.06. The molecule has 0 spiro atoms. The topological polar surface area (TPSA) is 40.5 Å². The zero-order valence-electron chi connectivity index (χ0n) is 21.8. The van der Waals surface area contributed by atoms with Crippen molar-refractivity contribution in [3.63, 3.8) is 0 Å². The second kappa shape index (κ2) is 8.91. The van der Waals surface area contributed by atoms with Crippen molar-refractivity contribution in [2.24, 2.45) is 28.1 Å². The number of aliphatic hydroxyl groups excluding tert-OH is 1. The van der Waals surface area contributed by atoms with Crippen LogP contribution in [0.4, 0.5) is 0 Å². The normalized spacial score (nSPS) is 39.3. The average Bonchev–Trinajstić information content (AvgIpc) is 2.96. The van der Waals surface area contributed by atoms with Crippen LogP contribution in [0.25, 0.3) is 0 Å². The molecule has 0 aromatic rings. The zero-order valence-corrected chi connectivity index (χ0v) is 21.8. The predicted molar refractivity (Wildman–Crippen MR) is 136 cm³/mol. The number of rotatable bonds is 5. The molecule has 0 amide bonds. The van der Waals surface area contributed by atoms with Gasteiger partial charge in [-0.05, 0) is 98.9 Å². The maximum absolute atomic E-state index is 10.3. The Morgan fingerprint density at radius 3 is 2.41 bits per heavy atom. The molecule has 0 aromatic heterocycles. The highest BCUT2D eigenvalue weighted by Crippen LogP contribution is 2.69. The van der Waals surface area contributed by atoms with Gasteiger partial charge < -0.3 is 10.2 Å². The summed E-state index contributed by atoms with van der Waals surface area (Å²) >= 11 is 0. The Labute approximate surface area is 197 Å². The fourth-order valence-corrected chi connectivity index (χ4v) is 7.06. The monoisotopic (exact) mass is 440 g/mol. The molecule has 0 heterocycles. The summed E-state index contributed by atoms with van der Waals surface area (Å²) in [6, 6.07) is 0. The van der Waals surface area contributed by atoms with Crippen LogP contribution >= 0.6 is 0 Å². The average molecular weight is 441 g/mol. The van der Waals surface area contributed by atoms with Gasteiger partial charge in [0.1, 0.15) is 0 Å². The summed E-state index contributed by atoms with van der Waals surface area (Å²) in [7, 11) is 0. The molecule has 2 nitrogen and oxygen atoms in total. The van der Waals surface area contributed by atoms with E-state index >= 15 is 0 Å². The highest BCUT2D eigenvalue weighted by molar-refractivity contribution is 5.30. The zero-order chi connectivity index (χ0) is 23.9. The molecule has 0 saturated heterocycles. The smallest absolute Gasteiger partial charge is 0.0787 e. The lowest BCUT2D eigenvalue weighted by Gasteiger charge is -2.55. The minimum absolute atomic E-state index is 0.0753. The van der Waals surface area contributed by atoms with Crippen LogP contribution in [0.3, 0.4) is 0 Å². The molecule has 2 N–H and O–H groups in total. The molecule has 3 aliphatic carbocycles. The largest absolute Gasteiger partial charge is 0.390 e. The SMILES string of the molecule is C=C1C(C)CC(=CC=C2CCCC3(C)C2CCC3(C)C(C)(C)C=CCC(C)(C)O)CC1O. The minimum atomic E-state index is -0.652. The molecule has 5 atom stereocenters. The summed E-state index contributed by atoms with van der Waals surface area (Å²) in [5, 5.41) is 20.5. The number of aliphatic hydroxyl groups is 2. The summed E-state index contributed by atoms with van der Waals surface area (Å²) in [6.45, 7) is 19.9. The van der Waals surface area contributed by atoms with E-state index in [9.17, 15) is 10.2 Å². The second-order valence-electron chi connectivity index (χ2n) is 12.8. The first kappa shape index (κ1) is 25.5. The molecule has 2 heteroatoms. The molecule has 0 aliphatic heterocycles. The second-order valence-corrected chi connectivity index (χ2v) is 12.8. The lowest BCUT2D eigenvalue weighted by molar-refractivity contribution is -0.0235. The third-order valence-electron chi connectivity index (χ3n) is 9.76. The Morgan fingerprint density at radius 1 is 1.09 bits per heavy atom. The van der Waals surface area contributed by atoms with Crippen LogP contribution in [-0.4, -0.2) is 21.9 Å². The maximum Gasteiger partial charge on any atom is 0.0787 e. The number of hydrogen-bond acceptors (Lipinski definition) is 2. The summed E-state index contributed by atoms with van der Waals surface area (Å²) < 4.78 is 0. The quantitative estimate of drug-likeness (QED) is 0.434. The van der Waals surface area contributed by atoms with E-state index in [-0.39, 0.29) is 22.3 Å². The molecular weight excluding hydrogens is 392 g/mol. The summed E-state index contributed by atoms with van der Waals surface area (Å²) in [5.41, 5.74) is 3.91. The van der Waals surface area contributed by atoms with Gasteiger partial charge in [0.25, 0.3) is 0 Å². The van der Waals surface area contributed by atoms with E-state index in [0.717, 1.165) is 18.4 Å². The molecule has 0 bridgehead atoms. The lowest BCUT2D eigenvalue weighted by atomic mass is 9.49.